The van der Waals surface area contributed by atoms with Gasteiger partial charge in [0.25, 0.3) is 5.56 Å². The third kappa shape index (κ3) is 3.54. The lowest BCUT2D eigenvalue weighted by molar-refractivity contribution is 0.101. The van der Waals surface area contributed by atoms with Crippen molar-refractivity contribution in [3.8, 4) is 5.75 Å². The summed E-state index contributed by atoms with van der Waals surface area (Å²) < 4.78 is 7.34. The quantitative estimate of drug-likeness (QED) is 0.277. The Morgan fingerprint density at radius 3 is 2.77 bits per heavy atom. The van der Waals surface area contributed by atoms with Crippen LogP contribution in [0.5, 0.6) is 5.75 Å². The van der Waals surface area contributed by atoms with Crippen LogP contribution in [-0.4, -0.2) is 27.7 Å². The number of Topliss-reactive ketones (excluding diaryl/α,β-unsaturated/α-hetero) is 1. The van der Waals surface area contributed by atoms with Crippen molar-refractivity contribution in [1.82, 2.24) is 9.55 Å². The van der Waals surface area contributed by atoms with Crippen LogP contribution in [0.25, 0.3) is 10.2 Å². The first-order chi connectivity index (χ1) is 12.4. The Hall–Kier alpha value is -2.12. The van der Waals surface area contributed by atoms with Crippen molar-refractivity contribution in [2.75, 3.05) is 12.4 Å². The zero-order valence-electron chi connectivity index (χ0n) is 15.2. The SMILES string of the molecule is CC(=O)c1ccccc1OCCSc1nc2sc(C)c(C)c2c(=O)n1C. The van der Waals surface area contributed by atoms with Crippen molar-refractivity contribution in [2.24, 2.45) is 7.05 Å². The van der Waals surface area contributed by atoms with Gasteiger partial charge in [-0.1, -0.05) is 23.9 Å². The van der Waals surface area contributed by atoms with Gasteiger partial charge in [-0.25, -0.2) is 4.98 Å². The van der Waals surface area contributed by atoms with Crippen molar-refractivity contribution in [3.05, 3.63) is 50.6 Å². The van der Waals surface area contributed by atoms with Gasteiger partial charge in [0.15, 0.2) is 10.9 Å². The summed E-state index contributed by atoms with van der Waals surface area (Å²) in [6, 6.07) is 7.21. The van der Waals surface area contributed by atoms with E-state index in [9.17, 15) is 9.59 Å². The summed E-state index contributed by atoms with van der Waals surface area (Å²) in [6.07, 6.45) is 0. The number of nitrogens with zero attached hydrogens (tertiary/aromatic N) is 2. The molecule has 0 N–H and O–H groups in total. The third-order valence-electron chi connectivity index (χ3n) is 4.21. The fourth-order valence-corrected chi connectivity index (χ4v) is 4.51. The number of ketones is 1. The molecule has 5 nitrogen and oxygen atoms in total. The van der Waals surface area contributed by atoms with Gasteiger partial charge in [-0.15, -0.1) is 11.3 Å². The molecule has 3 rings (SSSR count). The number of ether oxygens (including phenoxy) is 1. The smallest absolute Gasteiger partial charge is 0.262 e. The number of para-hydroxylation sites is 1. The molecule has 0 atom stereocenters. The molecule has 26 heavy (non-hydrogen) atoms. The average molecular weight is 389 g/mol. The second kappa shape index (κ2) is 7.63. The highest BCUT2D eigenvalue weighted by Gasteiger charge is 2.15. The van der Waals surface area contributed by atoms with Gasteiger partial charge in [-0.05, 0) is 38.5 Å². The number of benzene rings is 1. The number of hydrogen-bond donors (Lipinski definition) is 0. The Labute approximate surface area is 160 Å². The molecule has 0 bridgehead atoms. The number of thioether (sulfide) groups is 1. The zero-order chi connectivity index (χ0) is 18.8. The fraction of sp³-hybridized carbons (Fsp3) is 0.316. The van der Waals surface area contributed by atoms with Gasteiger partial charge in [-0.3, -0.25) is 14.2 Å². The summed E-state index contributed by atoms with van der Waals surface area (Å²) in [5, 5.41) is 1.39. The van der Waals surface area contributed by atoms with Crippen LogP contribution in [0.15, 0.2) is 34.2 Å². The van der Waals surface area contributed by atoms with E-state index in [0.29, 0.717) is 34.2 Å². The molecule has 0 amide bonds. The second-order valence-electron chi connectivity index (χ2n) is 5.97. The summed E-state index contributed by atoms with van der Waals surface area (Å²) >= 11 is 3.02. The van der Waals surface area contributed by atoms with Crippen molar-refractivity contribution >= 4 is 39.1 Å². The maximum absolute atomic E-state index is 12.6. The summed E-state index contributed by atoms with van der Waals surface area (Å²) in [5.74, 6) is 1.19. The van der Waals surface area contributed by atoms with Crippen molar-refractivity contribution in [1.29, 1.82) is 0 Å². The van der Waals surface area contributed by atoms with E-state index in [1.165, 1.54) is 18.7 Å². The summed E-state index contributed by atoms with van der Waals surface area (Å²) in [6.45, 7) is 5.92. The number of thiophene rings is 1. The first-order valence-electron chi connectivity index (χ1n) is 8.22. The van der Waals surface area contributed by atoms with Gasteiger partial charge in [-0.2, -0.15) is 0 Å². The zero-order valence-corrected chi connectivity index (χ0v) is 16.8. The summed E-state index contributed by atoms with van der Waals surface area (Å²) in [7, 11) is 1.75. The molecule has 3 aromatic rings. The topological polar surface area (TPSA) is 61.2 Å². The number of fused-ring (bicyclic) bond motifs is 1. The molecule has 0 aliphatic heterocycles. The first-order valence-corrected chi connectivity index (χ1v) is 10.0. The molecule has 2 heterocycles. The molecule has 0 spiro atoms. The van der Waals surface area contributed by atoms with Crippen LogP contribution in [-0.2, 0) is 7.05 Å². The predicted molar refractivity (Wildman–Crippen MR) is 107 cm³/mol. The minimum absolute atomic E-state index is 0.0119. The molecule has 0 radical (unpaired) electrons. The molecule has 1 aromatic carbocycles. The Morgan fingerprint density at radius 2 is 2.04 bits per heavy atom. The van der Waals surface area contributed by atoms with Crippen LogP contribution in [0.2, 0.25) is 0 Å². The highest BCUT2D eigenvalue weighted by Crippen LogP contribution is 2.28. The number of rotatable bonds is 6. The minimum atomic E-state index is -0.0220. The Bertz CT molecular complexity index is 1040. The van der Waals surface area contributed by atoms with E-state index in [2.05, 4.69) is 4.98 Å². The van der Waals surface area contributed by atoms with E-state index in [4.69, 9.17) is 4.74 Å². The number of carbonyl (C=O) groups is 1. The molecule has 7 heteroatoms. The summed E-state index contributed by atoms with van der Waals surface area (Å²) in [5.41, 5.74) is 1.58. The second-order valence-corrected chi connectivity index (χ2v) is 8.24. The Balaban J connectivity index is 1.72. The van der Waals surface area contributed by atoms with Gasteiger partial charge >= 0.3 is 0 Å². The van der Waals surface area contributed by atoms with Crippen LogP contribution in [0.1, 0.15) is 27.7 Å². The molecule has 0 unspecified atom stereocenters. The maximum atomic E-state index is 12.6. The molecule has 136 valence electrons. The number of carbonyl (C=O) groups excluding carboxylic acids is 1. The van der Waals surface area contributed by atoms with Crippen LogP contribution >= 0.6 is 23.1 Å². The predicted octanol–water partition coefficient (Wildman–Crippen LogP) is 3.99. The molecule has 0 aliphatic rings. The largest absolute Gasteiger partial charge is 0.492 e. The van der Waals surface area contributed by atoms with E-state index in [1.54, 1.807) is 35.1 Å². The number of hydrogen-bond acceptors (Lipinski definition) is 6. The Kier molecular flexibility index (Phi) is 5.48. The molecule has 0 fully saturated rings. The third-order valence-corrected chi connectivity index (χ3v) is 6.30. The van der Waals surface area contributed by atoms with Crippen molar-refractivity contribution < 1.29 is 9.53 Å². The summed E-state index contributed by atoms with van der Waals surface area (Å²) in [4.78, 5) is 30.8. The van der Waals surface area contributed by atoms with E-state index in [1.807, 2.05) is 26.0 Å². The van der Waals surface area contributed by atoms with Gasteiger partial charge in [0.05, 0.1) is 17.6 Å². The van der Waals surface area contributed by atoms with E-state index >= 15 is 0 Å². The number of aryl methyl sites for hydroxylation is 2. The normalized spacial score (nSPS) is 11.1. The highest BCUT2D eigenvalue weighted by molar-refractivity contribution is 7.99. The van der Waals surface area contributed by atoms with Gasteiger partial charge < -0.3 is 4.74 Å². The minimum Gasteiger partial charge on any atom is -0.492 e. The molecular weight excluding hydrogens is 368 g/mol. The highest BCUT2D eigenvalue weighted by atomic mass is 32.2. The fourth-order valence-electron chi connectivity index (χ4n) is 2.65. The van der Waals surface area contributed by atoms with Crippen LogP contribution in [0, 0.1) is 13.8 Å². The monoisotopic (exact) mass is 388 g/mol. The van der Waals surface area contributed by atoms with E-state index < -0.39 is 0 Å². The van der Waals surface area contributed by atoms with Gasteiger partial charge in [0, 0.05) is 17.7 Å². The molecular formula is C19H20N2O3S2. The van der Waals surface area contributed by atoms with Crippen LogP contribution in [0.3, 0.4) is 0 Å². The van der Waals surface area contributed by atoms with Crippen LogP contribution < -0.4 is 10.3 Å². The van der Waals surface area contributed by atoms with Crippen LogP contribution in [0.4, 0.5) is 0 Å². The molecule has 0 saturated heterocycles. The lowest BCUT2D eigenvalue weighted by atomic mass is 10.1. The van der Waals surface area contributed by atoms with Gasteiger partial charge in [0.2, 0.25) is 0 Å². The lowest BCUT2D eigenvalue weighted by Crippen LogP contribution is -2.20. The van der Waals surface area contributed by atoms with Crippen molar-refractivity contribution in [3.63, 3.8) is 0 Å². The Morgan fingerprint density at radius 1 is 1.31 bits per heavy atom. The standard InChI is InChI=1S/C19H20N2O3S2/c1-11-13(3)26-17-16(11)18(23)21(4)19(20-17)25-10-9-24-15-8-6-5-7-14(15)12(2)22/h5-8H,9-10H2,1-4H3. The lowest BCUT2D eigenvalue weighted by Gasteiger charge is -2.10. The maximum Gasteiger partial charge on any atom is 0.262 e. The van der Waals surface area contributed by atoms with Crippen molar-refractivity contribution in [2.45, 2.75) is 25.9 Å². The molecule has 2 aromatic heterocycles. The molecule has 0 saturated carbocycles. The average Bonchev–Trinajstić information content (AvgIpc) is 2.90. The number of aromatic nitrogens is 2. The van der Waals surface area contributed by atoms with E-state index in [-0.39, 0.29) is 11.3 Å². The van der Waals surface area contributed by atoms with E-state index in [0.717, 1.165) is 15.3 Å². The molecule has 0 aliphatic carbocycles. The first kappa shape index (κ1) is 18.7. The van der Waals surface area contributed by atoms with Gasteiger partial charge in [0.1, 0.15) is 10.6 Å².